The molecule has 1 fully saturated rings. The van der Waals surface area contributed by atoms with E-state index in [1.165, 1.54) is 7.11 Å². The van der Waals surface area contributed by atoms with Gasteiger partial charge in [0.2, 0.25) is 0 Å². The fraction of sp³-hybridized carbons (Fsp3) is 0.350. The number of carbonyl (C=O) groups is 2. The third kappa shape index (κ3) is 3.78. The first kappa shape index (κ1) is 19.3. The highest BCUT2D eigenvalue weighted by Crippen LogP contribution is 2.34. The largest absolute Gasteiger partial charge is 0.496 e. The molecule has 1 atom stereocenters. The van der Waals surface area contributed by atoms with Gasteiger partial charge in [-0.05, 0) is 31.9 Å². The smallest absolute Gasteiger partial charge is 0.404 e. The molecule has 1 aromatic heterocycles. The summed E-state index contributed by atoms with van der Waals surface area (Å²) in [6.07, 6.45) is 2.24. The monoisotopic (exact) mass is 382 g/mol. The van der Waals surface area contributed by atoms with Crippen molar-refractivity contribution in [2.75, 3.05) is 25.1 Å². The number of fused-ring (bicyclic) bond motifs is 1. The van der Waals surface area contributed by atoms with E-state index in [4.69, 9.17) is 15.6 Å². The average Bonchev–Trinajstić information content (AvgIpc) is 2.67. The Morgan fingerprint density at radius 2 is 2.18 bits per heavy atom. The van der Waals surface area contributed by atoms with Crippen molar-refractivity contribution in [1.29, 1.82) is 0 Å². The van der Waals surface area contributed by atoms with E-state index in [-0.39, 0.29) is 11.6 Å². The van der Waals surface area contributed by atoms with Crippen LogP contribution < -0.4 is 20.7 Å². The number of pyridine rings is 1. The summed E-state index contributed by atoms with van der Waals surface area (Å²) in [4.78, 5) is 29.5. The number of nitrogens with one attached hydrogen (secondary N) is 1. The van der Waals surface area contributed by atoms with Gasteiger partial charge < -0.3 is 25.8 Å². The molecule has 2 amide bonds. The highest BCUT2D eigenvalue weighted by Gasteiger charge is 2.25. The normalized spacial score (nSPS) is 16.2. The fourth-order valence-electron chi connectivity index (χ4n) is 3.56. The molecule has 8 heteroatoms. The second kappa shape index (κ2) is 8.05. The molecule has 0 spiro atoms. The molecular weight excluding hydrogens is 360 g/mol. The lowest BCUT2D eigenvalue weighted by Gasteiger charge is -2.34. The lowest BCUT2D eigenvalue weighted by Crippen LogP contribution is -2.47. The Hall–Kier alpha value is -3.47. The average molecular weight is 382 g/mol. The van der Waals surface area contributed by atoms with Gasteiger partial charge in [0.1, 0.15) is 11.6 Å². The predicted octanol–water partition coefficient (Wildman–Crippen LogP) is 1.95. The van der Waals surface area contributed by atoms with E-state index in [0.717, 1.165) is 30.2 Å². The summed E-state index contributed by atoms with van der Waals surface area (Å²) in [5, 5.41) is 13.1. The number of amides is 2. The van der Waals surface area contributed by atoms with Crippen molar-refractivity contribution in [3.63, 3.8) is 0 Å². The van der Waals surface area contributed by atoms with Gasteiger partial charge in [-0.1, -0.05) is 5.92 Å². The summed E-state index contributed by atoms with van der Waals surface area (Å²) >= 11 is 0. The third-order valence-electron chi connectivity index (χ3n) is 4.76. The SMILES string of the molecule is CC#Cc1cnc(N2CCCC(NC(=O)O)C2)c2cc(OC)c(C(N)=O)cc12. The van der Waals surface area contributed by atoms with E-state index >= 15 is 0 Å². The van der Waals surface area contributed by atoms with Gasteiger partial charge in [0.25, 0.3) is 5.91 Å². The molecule has 1 unspecified atom stereocenters. The molecule has 1 aromatic carbocycles. The topological polar surface area (TPSA) is 118 Å². The van der Waals surface area contributed by atoms with Crippen LogP contribution in [0.3, 0.4) is 0 Å². The minimum Gasteiger partial charge on any atom is -0.496 e. The van der Waals surface area contributed by atoms with Crippen LogP contribution in [0, 0.1) is 11.8 Å². The van der Waals surface area contributed by atoms with Crippen molar-refractivity contribution < 1.29 is 19.4 Å². The Labute approximate surface area is 162 Å². The summed E-state index contributed by atoms with van der Waals surface area (Å²) in [5.41, 5.74) is 6.46. The number of nitrogens with two attached hydrogens (primary N) is 1. The zero-order chi connectivity index (χ0) is 20.3. The Bertz CT molecular complexity index is 993. The Kier molecular flexibility index (Phi) is 5.54. The lowest BCUT2D eigenvalue weighted by molar-refractivity contribution is 0.0997. The molecule has 1 aliphatic heterocycles. The van der Waals surface area contributed by atoms with Crippen LogP contribution in [0.2, 0.25) is 0 Å². The first-order valence-corrected chi connectivity index (χ1v) is 8.92. The number of aromatic nitrogens is 1. The predicted molar refractivity (Wildman–Crippen MR) is 106 cm³/mol. The number of rotatable bonds is 4. The molecule has 28 heavy (non-hydrogen) atoms. The second-order valence-electron chi connectivity index (χ2n) is 6.57. The first-order valence-electron chi connectivity index (χ1n) is 8.92. The zero-order valence-electron chi connectivity index (χ0n) is 15.8. The molecule has 3 rings (SSSR count). The molecule has 0 bridgehead atoms. The van der Waals surface area contributed by atoms with Crippen LogP contribution in [0.5, 0.6) is 5.75 Å². The van der Waals surface area contributed by atoms with E-state index in [2.05, 4.69) is 22.1 Å². The van der Waals surface area contributed by atoms with Gasteiger partial charge in [0.15, 0.2) is 0 Å². The molecule has 2 aromatic rings. The third-order valence-corrected chi connectivity index (χ3v) is 4.76. The molecular formula is C20H22N4O4. The molecule has 1 aliphatic rings. The Balaban J connectivity index is 2.14. The highest BCUT2D eigenvalue weighted by atomic mass is 16.5. The van der Waals surface area contributed by atoms with Crippen molar-refractivity contribution in [2.45, 2.75) is 25.8 Å². The summed E-state index contributed by atoms with van der Waals surface area (Å²) < 4.78 is 5.36. The zero-order valence-corrected chi connectivity index (χ0v) is 15.8. The van der Waals surface area contributed by atoms with Crippen LogP contribution in [0.25, 0.3) is 10.8 Å². The van der Waals surface area contributed by atoms with Crippen molar-refractivity contribution >= 4 is 28.6 Å². The van der Waals surface area contributed by atoms with Gasteiger partial charge in [-0.3, -0.25) is 4.79 Å². The summed E-state index contributed by atoms with van der Waals surface area (Å²) in [6, 6.07) is 3.25. The van der Waals surface area contributed by atoms with Crippen LogP contribution >= 0.6 is 0 Å². The molecule has 0 aliphatic carbocycles. The number of anilines is 1. The van der Waals surface area contributed by atoms with E-state index in [0.29, 0.717) is 23.7 Å². The van der Waals surface area contributed by atoms with Crippen LogP contribution in [-0.4, -0.2) is 48.3 Å². The Morgan fingerprint density at radius 3 is 2.82 bits per heavy atom. The number of carbonyl (C=O) groups excluding carboxylic acids is 1. The number of nitrogens with zero attached hydrogens (tertiary/aromatic N) is 2. The number of hydrogen-bond donors (Lipinski definition) is 3. The van der Waals surface area contributed by atoms with Gasteiger partial charge in [-0.25, -0.2) is 9.78 Å². The van der Waals surface area contributed by atoms with Crippen molar-refractivity contribution in [1.82, 2.24) is 10.3 Å². The first-order chi connectivity index (χ1) is 13.4. The number of ether oxygens (including phenoxy) is 1. The molecule has 2 heterocycles. The molecule has 4 N–H and O–H groups in total. The van der Waals surface area contributed by atoms with Gasteiger partial charge in [-0.2, -0.15) is 0 Å². The van der Waals surface area contributed by atoms with Gasteiger partial charge >= 0.3 is 6.09 Å². The Morgan fingerprint density at radius 1 is 1.39 bits per heavy atom. The van der Waals surface area contributed by atoms with Crippen molar-refractivity contribution in [3.8, 4) is 17.6 Å². The molecule has 1 saturated heterocycles. The van der Waals surface area contributed by atoms with Gasteiger partial charge in [-0.15, -0.1) is 5.92 Å². The van der Waals surface area contributed by atoms with Crippen molar-refractivity contribution in [2.24, 2.45) is 5.73 Å². The van der Waals surface area contributed by atoms with E-state index in [9.17, 15) is 9.59 Å². The minimum absolute atomic E-state index is 0.176. The van der Waals surface area contributed by atoms with Crippen LogP contribution in [0.1, 0.15) is 35.7 Å². The van der Waals surface area contributed by atoms with Crippen LogP contribution in [0.4, 0.5) is 10.6 Å². The maximum atomic E-state index is 11.8. The summed E-state index contributed by atoms with van der Waals surface area (Å²) in [7, 11) is 1.48. The maximum absolute atomic E-state index is 11.8. The van der Waals surface area contributed by atoms with Crippen LogP contribution in [0.15, 0.2) is 18.3 Å². The number of piperidine rings is 1. The summed E-state index contributed by atoms with van der Waals surface area (Å²) in [6.45, 7) is 2.98. The number of benzene rings is 1. The number of methoxy groups -OCH3 is 1. The highest BCUT2D eigenvalue weighted by molar-refractivity contribution is 6.05. The fourth-order valence-corrected chi connectivity index (χ4v) is 3.56. The maximum Gasteiger partial charge on any atom is 0.404 e. The van der Waals surface area contributed by atoms with E-state index < -0.39 is 12.0 Å². The summed E-state index contributed by atoms with van der Waals surface area (Å²) in [5.74, 6) is 6.33. The number of hydrogen-bond acceptors (Lipinski definition) is 5. The lowest BCUT2D eigenvalue weighted by atomic mass is 10.0. The standard InChI is InChI=1S/C20H22N4O4/c1-3-5-12-10-22-19(24-7-4-6-13(11-24)23-20(26)27)15-9-17(28-2)16(18(21)25)8-14(12)15/h8-10,13,23H,4,6-7,11H2,1-2H3,(H2,21,25)(H,26,27). The molecule has 0 radical (unpaired) electrons. The molecule has 0 saturated carbocycles. The quantitative estimate of drug-likeness (QED) is 0.696. The molecule has 8 nitrogen and oxygen atoms in total. The second-order valence-corrected chi connectivity index (χ2v) is 6.57. The van der Waals surface area contributed by atoms with E-state index in [1.807, 2.05) is 4.90 Å². The van der Waals surface area contributed by atoms with Gasteiger partial charge in [0, 0.05) is 36.1 Å². The minimum atomic E-state index is -1.04. The molecule has 146 valence electrons. The van der Waals surface area contributed by atoms with E-state index in [1.54, 1.807) is 25.3 Å². The van der Waals surface area contributed by atoms with Crippen molar-refractivity contribution in [3.05, 3.63) is 29.5 Å². The number of carboxylic acid groups (broad SMARTS) is 1. The number of primary amides is 1. The van der Waals surface area contributed by atoms with Gasteiger partial charge in [0.05, 0.1) is 18.2 Å². The van der Waals surface area contributed by atoms with Crippen LogP contribution in [-0.2, 0) is 0 Å².